The molecule has 4 rings (SSSR count). The molecule has 3 fully saturated rings. The smallest absolute Gasteiger partial charge is 0.192 e. The Kier molecular flexibility index (Phi) is 7.88. The number of fused-ring (bicyclic) bond motifs is 5. The topological polar surface area (TPSA) is 29.5 Å². The summed E-state index contributed by atoms with van der Waals surface area (Å²) in [5.74, 6) is 4.39. The molecule has 9 atom stereocenters. The first kappa shape index (κ1) is 27.9. The van der Waals surface area contributed by atoms with E-state index in [1.165, 1.54) is 64.2 Å². The lowest BCUT2D eigenvalue weighted by atomic mass is 9.47. The van der Waals surface area contributed by atoms with Crippen molar-refractivity contribution in [2.75, 3.05) is 0 Å². The van der Waals surface area contributed by atoms with E-state index >= 15 is 0 Å². The first-order chi connectivity index (χ1) is 16.2. The van der Waals surface area contributed by atoms with Gasteiger partial charge < -0.3 is 9.53 Å². The molecule has 3 saturated carbocycles. The summed E-state index contributed by atoms with van der Waals surface area (Å²) in [6.45, 7) is 21.8. The van der Waals surface area contributed by atoms with Crippen LogP contribution in [-0.4, -0.2) is 25.6 Å². The average molecular weight is 503 g/mol. The molecule has 202 valence electrons. The zero-order chi connectivity index (χ0) is 25.8. The molecule has 0 spiro atoms. The van der Waals surface area contributed by atoms with Gasteiger partial charge in [-0.05, 0) is 123 Å². The summed E-state index contributed by atoms with van der Waals surface area (Å²) in [5, 5.41) is 10.0. The summed E-state index contributed by atoms with van der Waals surface area (Å²) in [6.07, 6.45) is 17.4. The summed E-state index contributed by atoms with van der Waals surface area (Å²) >= 11 is 0. The fourth-order valence-corrected chi connectivity index (χ4v) is 10.6. The highest BCUT2D eigenvalue weighted by atomic mass is 28.4. The van der Waals surface area contributed by atoms with Crippen LogP contribution in [0.2, 0.25) is 18.1 Å². The van der Waals surface area contributed by atoms with E-state index < -0.39 is 8.32 Å². The maximum atomic E-state index is 9.71. The van der Waals surface area contributed by atoms with Crippen LogP contribution in [0.15, 0.2) is 11.6 Å². The van der Waals surface area contributed by atoms with Gasteiger partial charge in [0.25, 0.3) is 0 Å². The van der Waals surface area contributed by atoms with Crippen molar-refractivity contribution < 1.29 is 9.53 Å². The molecule has 2 nitrogen and oxygen atoms in total. The standard InChI is InChI=1S/C32H58O2Si/c1-22(11-10-12-23(2)33)27-15-16-28-26-14-13-24-21-25(34-35(8,9)30(3,4)5)17-19-31(24,6)29(26)18-20-32(27,28)7/h13,22-23,25-29,33H,10-12,14-21H2,1-9H3/t22-,23+,25?,26+,27-,28+,29+,31+,32-/m1/s1. The van der Waals surface area contributed by atoms with E-state index in [1.54, 1.807) is 5.57 Å². The van der Waals surface area contributed by atoms with Crippen LogP contribution in [0.3, 0.4) is 0 Å². The Hall–Kier alpha value is -0.123. The van der Waals surface area contributed by atoms with Crippen molar-refractivity contribution in [2.24, 2.45) is 40.4 Å². The van der Waals surface area contributed by atoms with Gasteiger partial charge in [-0.3, -0.25) is 0 Å². The maximum absolute atomic E-state index is 9.71. The minimum Gasteiger partial charge on any atom is -0.414 e. The third-order valence-electron chi connectivity index (χ3n) is 12.4. The van der Waals surface area contributed by atoms with Crippen LogP contribution in [0.5, 0.6) is 0 Å². The minimum absolute atomic E-state index is 0.143. The molecule has 1 unspecified atom stereocenters. The maximum Gasteiger partial charge on any atom is 0.192 e. The summed E-state index contributed by atoms with van der Waals surface area (Å²) in [6, 6.07) is 0. The van der Waals surface area contributed by atoms with Crippen LogP contribution in [0.4, 0.5) is 0 Å². The van der Waals surface area contributed by atoms with Crippen LogP contribution in [0.1, 0.15) is 119 Å². The second-order valence-corrected chi connectivity index (χ2v) is 20.2. The highest BCUT2D eigenvalue weighted by Gasteiger charge is 2.59. The predicted octanol–water partition coefficient (Wildman–Crippen LogP) is 9.14. The van der Waals surface area contributed by atoms with E-state index in [0.29, 0.717) is 22.0 Å². The van der Waals surface area contributed by atoms with Gasteiger partial charge in [0.2, 0.25) is 0 Å². The molecule has 0 aliphatic heterocycles. The molecule has 0 aromatic heterocycles. The molecule has 0 amide bonds. The quantitative estimate of drug-likeness (QED) is 0.278. The number of aliphatic hydroxyl groups excluding tert-OH is 1. The summed E-state index contributed by atoms with van der Waals surface area (Å²) in [5.41, 5.74) is 2.72. The Bertz CT molecular complexity index is 779. The highest BCUT2D eigenvalue weighted by Crippen LogP contribution is 2.67. The van der Waals surface area contributed by atoms with Gasteiger partial charge in [0.1, 0.15) is 0 Å². The van der Waals surface area contributed by atoms with Crippen LogP contribution in [0.25, 0.3) is 0 Å². The lowest BCUT2D eigenvalue weighted by Crippen LogP contribution is -2.52. The predicted molar refractivity (Wildman–Crippen MR) is 152 cm³/mol. The normalized spacial score (nSPS) is 41.4. The molecule has 1 N–H and O–H groups in total. The van der Waals surface area contributed by atoms with Crippen molar-refractivity contribution in [3.8, 4) is 0 Å². The van der Waals surface area contributed by atoms with Crippen molar-refractivity contribution in [3.63, 3.8) is 0 Å². The van der Waals surface area contributed by atoms with Crippen molar-refractivity contribution in [3.05, 3.63) is 11.6 Å². The first-order valence-corrected chi connectivity index (χ1v) is 18.2. The molecule has 0 bridgehead atoms. The lowest BCUT2D eigenvalue weighted by Gasteiger charge is -2.59. The van der Waals surface area contributed by atoms with Crippen LogP contribution < -0.4 is 0 Å². The monoisotopic (exact) mass is 502 g/mol. The third-order valence-corrected chi connectivity index (χ3v) is 16.9. The summed E-state index contributed by atoms with van der Waals surface area (Å²) in [7, 11) is -1.71. The molecular formula is C32H58O2Si. The second-order valence-electron chi connectivity index (χ2n) is 15.5. The molecule has 0 aromatic rings. The zero-order valence-electron chi connectivity index (χ0n) is 24.8. The van der Waals surface area contributed by atoms with Gasteiger partial charge in [0, 0.05) is 6.10 Å². The van der Waals surface area contributed by atoms with E-state index in [9.17, 15) is 5.11 Å². The van der Waals surface area contributed by atoms with Gasteiger partial charge >= 0.3 is 0 Å². The van der Waals surface area contributed by atoms with Crippen LogP contribution in [-0.2, 0) is 4.43 Å². The minimum atomic E-state index is -1.71. The molecule has 4 aliphatic carbocycles. The molecule has 4 aliphatic rings. The molecule has 0 aromatic carbocycles. The number of allylic oxidation sites excluding steroid dienone is 1. The Morgan fingerprint density at radius 3 is 2.40 bits per heavy atom. The Morgan fingerprint density at radius 2 is 1.74 bits per heavy atom. The number of rotatable bonds is 7. The SMILES string of the molecule is C[C@H](O)CCC[C@@H](C)[C@H]1CC[C@H]2[C@@H]3CC=C4CC(O[Si](C)(C)C(C)(C)C)CC[C@]4(C)[C@H]3CC[C@]12C. The fourth-order valence-electron chi connectivity index (χ4n) is 9.23. The fraction of sp³-hybridized carbons (Fsp3) is 0.938. The third kappa shape index (κ3) is 5.13. The van der Waals surface area contributed by atoms with Crippen molar-refractivity contribution in [1.82, 2.24) is 0 Å². The summed E-state index contributed by atoms with van der Waals surface area (Å²) in [4.78, 5) is 0. The molecule has 0 heterocycles. The van der Waals surface area contributed by atoms with Gasteiger partial charge in [0.05, 0.1) is 6.10 Å². The molecule has 0 saturated heterocycles. The Balaban J connectivity index is 1.45. The molecule has 35 heavy (non-hydrogen) atoms. The van der Waals surface area contributed by atoms with E-state index in [0.717, 1.165) is 36.0 Å². The average Bonchev–Trinajstić information content (AvgIpc) is 3.10. The number of aliphatic hydroxyl groups is 1. The molecular weight excluding hydrogens is 444 g/mol. The highest BCUT2D eigenvalue weighted by molar-refractivity contribution is 6.74. The van der Waals surface area contributed by atoms with E-state index in [1.807, 2.05) is 6.92 Å². The van der Waals surface area contributed by atoms with Crippen LogP contribution >= 0.6 is 0 Å². The van der Waals surface area contributed by atoms with Crippen LogP contribution in [0, 0.1) is 40.4 Å². The number of hydrogen-bond donors (Lipinski definition) is 1. The van der Waals surface area contributed by atoms with Crippen molar-refractivity contribution in [2.45, 2.75) is 149 Å². The molecule has 3 heteroatoms. The summed E-state index contributed by atoms with van der Waals surface area (Å²) < 4.78 is 6.93. The van der Waals surface area contributed by atoms with Gasteiger partial charge in [-0.1, -0.05) is 66.0 Å². The number of hydrogen-bond acceptors (Lipinski definition) is 2. The van der Waals surface area contributed by atoms with E-state index in [-0.39, 0.29) is 6.10 Å². The lowest BCUT2D eigenvalue weighted by molar-refractivity contribution is -0.0566. The van der Waals surface area contributed by atoms with Gasteiger partial charge in [-0.15, -0.1) is 0 Å². The first-order valence-electron chi connectivity index (χ1n) is 15.2. The van der Waals surface area contributed by atoms with E-state index in [2.05, 4.69) is 60.7 Å². The van der Waals surface area contributed by atoms with Crippen molar-refractivity contribution >= 4 is 8.32 Å². The molecule has 0 radical (unpaired) electrons. The Morgan fingerprint density at radius 1 is 1.03 bits per heavy atom. The van der Waals surface area contributed by atoms with Gasteiger partial charge in [-0.2, -0.15) is 0 Å². The van der Waals surface area contributed by atoms with E-state index in [4.69, 9.17) is 4.43 Å². The van der Waals surface area contributed by atoms with Crippen molar-refractivity contribution in [1.29, 1.82) is 0 Å². The van der Waals surface area contributed by atoms with Gasteiger partial charge in [-0.25, -0.2) is 0 Å². The second kappa shape index (κ2) is 9.88. The Labute approximate surface area is 219 Å². The largest absolute Gasteiger partial charge is 0.414 e. The zero-order valence-corrected chi connectivity index (χ0v) is 25.8. The van der Waals surface area contributed by atoms with Gasteiger partial charge in [0.15, 0.2) is 8.32 Å².